The van der Waals surface area contributed by atoms with Crippen molar-refractivity contribution in [2.45, 2.75) is 0 Å². The second-order valence-corrected chi connectivity index (χ2v) is 3.03. The summed E-state index contributed by atoms with van der Waals surface area (Å²) in [6, 6.07) is 9.13. The second kappa shape index (κ2) is 3.49. The molecule has 1 aliphatic heterocycles. The van der Waals surface area contributed by atoms with Gasteiger partial charge in [0.05, 0.1) is 0 Å². The lowest BCUT2D eigenvalue weighted by molar-refractivity contribution is -0.128. The summed E-state index contributed by atoms with van der Waals surface area (Å²) in [5, 5.41) is 3.56. The van der Waals surface area contributed by atoms with Crippen LogP contribution in [-0.2, 0) is 9.59 Å². The third-order valence-corrected chi connectivity index (χ3v) is 2.05. The molecule has 2 amide bonds. The molecular weight excluding hydrogens is 180 g/mol. The number of para-hydroxylation sites is 1. The number of rotatable bonds is 1. The van der Waals surface area contributed by atoms with Crippen molar-refractivity contribution in [2.75, 3.05) is 18.0 Å². The van der Waals surface area contributed by atoms with Crippen molar-refractivity contribution in [3.63, 3.8) is 0 Å². The van der Waals surface area contributed by atoms with Gasteiger partial charge in [0, 0.05) is 5.69 Å². The van der Waals surface area contributed by atoms with Crippen LogP contribution in [0.4, 0.5) is 5.69 Å². The summed E-state index contributed by atoms with van der Waals surface area (Å²) in [4.78, 5) is 23.9. The molecule has 4 nitrogen and oxygen atoms in total. The lowest BCUT2D eigenvalue weighted by atomic mass is 10.2. The highest BCUT2D eigenvalue weighted by Gasteiger charge is 2.25. The first-order valence-electron chi connectivity index (χ1n) is 4.33. The standard InChI is InChI=1S/C10H9N2O2/c13-9-7-12(10(14)6-11-9)8-4-2-1-3-5-8/h1-5H,6-7H2. The van der Waals surface area contributed by atoms with E-state index in [0.29, 0.717) is 0 Å². The predicted molar refractivity (Wildman–Crippen MR) is 50.8 cm³/mol. The Bertz CT molecular complexity index is 362. The Kier molecular flexibility index (Phi) is 2.18. The number of hydrogen-bond donors (Lipinski definition) is 0. The van der Waals surface area contributed by atoms with Gasteiger partial charge < -0.3 is 4.90 Å². The zero-order chi connectivity index (χ0) is 9.97. The van der Waals surface area contributed by atoms with Crippen molar-refractivity contribution in [1.82, 2.24) is 5.32 Å². The van der Waals surface area contributed by atoms with Gasteiger partial charge in [0.25, 0.3) is 5.91 Å². The van der Waals surface area contributed by atoms with Gasteiger partial charge in [-0.25, -0.2) is 5.32 Å². The van der Waals surface area contributed by atoms with Crippen LogP contribution in [0, 0.1) is 0 Å². The molecule has 4 heteroatoms. The van der Waals surface area contributed by atoms with Gasteiger partial charge in [-0.2, -0.15) is 0 Å². The maximum Gasteiger partial charge on any atom is 0.261 e. The molecule has 1 heterocycles. The smallest absolute Gasteiger partial charge is 0.261 e. The highest BCUT2D eigenvalue weighted by Crippen LogP contribution is 2.14. The van der Waals surface area contributed by atoms with E-state index in [2.05, 4.69) is 5.32 Å². The molecule has 71 valence electrons. The molecule has 0 saturated carbocycles. The van der Waals surface area contributed by atoms with Crippen molar-refractivity contribution in [3.8, 4) is 0 Å². The summed E-state index contributed by atoms with van der Waals surface area (Å²) in [6.07, 6.45) is 0. The van der Waals surface area contributed by atoms with Crippen LogP contribution in [0.2, 0.25) is 0 Å². The van der Waals surface area contributed by atoms with Gasteiger partial charge in [-0.15, -0.1) is 0 Å². The molecule has 0 atom stereocenters. The van der Waals surface area contributed by atoms with E-state index in [1.165, 1.54) is 4.90 Å². The molecule has 1 fully saturated rings. The van der Waals surface area contributed by atoms with Crippen molar-refractivity contribution in [1.29, 1.82) is 0 Å². The third kappa shape index (κ3) is 1.59. The highest BCUT2D eigenvalue weighted by molar-refractivity contribution is 6.04. The number of piperazine rings is 1. The van der Waals surface area contributed by atoms with Gasteiger partial charge in [0.2, 0.25) is 5.91 Å². The van der Waals surface area contributed by atoms with Gasteiger partial charge in [-0.05, 0) is 12.1 Å². The SMILES string of the molecule is O=C1CN(c2ccccc2)C(=O)C[N]1. The molecule has 1 aromatic carbocycles. The minimum atomic E-state index is -0.242. The molecule has 0 unspecified atom stereocenters. The molecule has 1 aromatic rings. The minimum absolute atomic E-state index is 0.0340. The Morgan fingerprint density at radius 3 is 2.57 bits per heavy atom. The minimum Gasteiger partial charge on any atom is -0.301 e. The zero-order valence-electron chi connectivity index (χ0n) is 7.51. The number of carbonyl (C=O) groups excluding carboxylic acids is 2. The number of amides is 2. The van der Waals surface area contributed by atoms with Crippen LogP contribution in [0.3, 0.4) is 0 Å². The van der Waals surface area contributed by atoms with E-state index in [4.69, 9.17) is 0 Å². The van der Waals surface area contributed by atoms with Crippen LogP contribution in [0.25, 0.3) is 0 Å². The monoisotopic (exact) mass is 189 g/mol. The second-order valence-electron chi connectivity index (χ2n) is 3.03. The lowest BCUT2D eigenvalue weighted by Gasteiger charge is -2.25. The first-order valence-corrected chi connectivity index (χ1v) is 4.33. The van der Waals surface area contributed by atoms with E-state index in [0.717, 1.165) is 5.69 Å². The average molecular weight is 189 g/mol. The predicted octanol–water partition coefficient (Wildman–Crippen LogP) is 0.164. The number of hydrogen-bond acceptors (Lipinski definition) is 2. The average Bonchev–Trinajstić information content (AvgIpc) is 2.23. The first kappa shape index (κ1) is 8.74. The molecule has 1 aliphatic rings. The fourth-order valence-electron chi connectivity index (χ4n) is 1.36. The van der Waals surface area contributed by atoms with Crippen LogP contribution in [-0.4, -0.2) is 24.9 Å². The van der Waals surface area contributed by atoms with E-state index >= 15 is 0 Å². The van der Waals surface area contributed by atoms with Gasteiger partial charge in [-0.1, -0.05) is 18.2 Å². The number of benzene rings is 1. The van der Waals surface area contributed by atoms with E-state index in [-0.39, 0.29) is 24.9 Å². The van der Waals surface area contributed by atoms with Crippen molar-refractivity contribution in [2.24, 2.45) is 0 Å². The van der Waals surface area contributed by atoms with Gasteiger partial charge >= 0.3 is 0 Å². The molecule has 2 rings (SSSR count). The van der Waals surface area contributed by atoms with Gasteiger partial charge in [-0.3, -0.25) is 9.59 Å². The molecule has 1 saturated heterocycles. The third-order valence-electron chi connectivity index (χ3n) is 2.05. The first-order chi connectivity index (χ1) is 6.77. The van der Waals surface area contributed by atoms with E-state index in [1.54, 1.807) is 12.1 Å². The lowest BCUT2D eigenvalue weighted by Crippen LogP contribution is -2.48. The summed E-state index contributed by atoms with van der Waals surface area (Å²) < 4.78 is 0. The van der Waals surface area contributed by atoms with Crippen molar-refractivity contribution in [3.05, 3.63) is 30.3 Å². The highest BCUT2D eigenvalue weighted by atomic mass is 16.2. The van der Waals surface area contributed by atoms with E-state index in [1.807, 2.05) is 18.2 Å². The van der Waals surface area contributed by atoms with Crippen molar-refractivity contribution >= 4 is 17.5 Å². The Labute approximate surface area is 81.5 Å². The Balaban J connectivity index is 2.24. The molecule has 1 radical (unpaired) electrons. The van der Waals surface area contributed by atoms with Crippen LogP contribution < -0.4 is 10.2 Å². The van der Waals surface area contributed by atoms with Crippen LogP contribution in [0.5, 0.6) is 0 Å². The summed E-state index contributed by atoms with van der Waals surface area (Å²) in [5.41, 5.74) is 0.751. The van der Waals surface area contributed by atoms with E-state index in [9.17, 15) is 9.59 Å². The molecular formula is C10H9N2O2. The molecule has 0 spiro atoms. The number of carbonyl (C=O) groups is 2. The quantitative estimate of drug-likeness (QED) is 0.632. The number of nitrogens with zero attached hydrogens (tertiary/aromatic N) is 2. The molecule has 0 N–H and O–H groups in total. The van der Waals surface area contributed by atoms with Gasteiger partial charge in [0.15, 0.2) is 0 Å². The topological polar surface area (TPSA) is 51.5 Å². The van der Waals surface area contributed by atoms with Gasteiger partial charge in [0.1, 0.15) is 13.1 Å². The molecule has 0 aromatic heterocycles. The fraction of sp³-hybridized carbons (Fsp3) is 0.200. The van der Waals surface area contributed by atoms with Crippen LogP contribution in [0.15, 0.2) is 30.3 Å². The normalized spacial score (nSPS) is 16.7. The summed E-state index contributed by atoms with van der Waals surface area (Å²) in [6.45, 7) is 0.0244. The fourth-order valence-corrected chi connectivity index (χ4v) is 1.36. The van der Waals surface area contributed by atoms with Crippen LogP contribution >= 0.6 is 0 Å². The summed E-state index contributed by atoms with van der Waals surface area (Å²) in [5.74, 6) is -0.371. The summed E-state index contributed by atoms with van der Waals surface area (Å²) >= 11 is 0. The Morgan fingerprint density at radius 2 is 1.86 bits per heavy atom. The maximum atomic E-state index is 11.4. The Hall–Kier alpha value is -1.84. The van der Waals surface area contributed by atoms with Crippen molar-refractivity contribution < 1.29 is 9.59 Å². The van der Waals surface area contributed by atoms with Crippen LogP contribution in [0.1, 0.15) is 0 Å². The Morgan fingerprint density at radius 1 is 1.14 bits per heavy atom. The maximum absolute atomic E-state index is 11.4. The largest absolute Gasteiger partial charge is 0.301 e. The molecule has 0 bridgehead atoms. The molecule has 14 heavy (non-hydrogen) atoms. The molecule has 0 aliphatic carbocycles. The zero-order valence-corrected chi connectivity index (χ0v) is 7.51. The van der Waals surface area contributed by atoms with E-state index < -0.39 is 0 Å². The summed E-state index contributed by atoms with van der Waals surface area (Å²) in [7, 11) is 0. The number of anilines is 1.